The molecule has 3 heterocycles. The van der Waals surface area contributed by atoms with E-state index in [1.54, 1.807) is 12.4 Å². The fourth-order valence-electron chi connectivity index (χ4n) is 2.63. The number of amides is 1. The van der Waals surface area contributed by atoms with Crippen LogP contribution in [0.3, 0.4) is 0 Å². The Balaban J connectivity index is 1.44. The fourth-order valence-corrected chi connectivity index (χ4v) is 2.63. The van der Waals surface area contributed by atoms with Crippen LogP contribution in [0.15, 0.2) is 41.2 Å². The summed E-state index contributed by atoms with van der Waals surface area (Å²) in [7, 11) is 0. The SMILES string of the molecule is Cc1ccc(C)n1CCC(=O)NCCc1nc(-c2cccnc2)no1. The Morgan fingerprint density at radius 2 is 2.04 bits per heavy atom. The second-order valence-corrected chi connectivity index (χ2v) is 5.87. The number of carbonyl (C=O) groups is 1. The van der Waals surface area contributed by atoms with E-state index < -0.39 is 0 Å². The smallest absolute Gasteiger partial charge is 0.228 e. The lowest BCUT2D eigenvalue weighted by Crippen LogP contribution is -2.26. The van der Waals surface area contributed by atoms with E-state index in [9.17, 15) is 4.79 Å². The number of aromatic nitrogens is 4. The number of hydrogen-bond acceptors (Lipinski definition) is 5. The molecule has 0 saturated carbocycles. The van der Waals surface area contributed by atoms with Crippen LogP contribution in [0.5, 0.6) is 0 Å². The van der Waals surface area contributed by atoms with Gasteiger partial charge in [-0.05, 0) is 38.1 Å². The Hall–Kier alpha value is -2.96. The van der Waals surface area contributed by atoms with Gasteiger partial charge in [-0.2, -0.15) is 4.98 Å². The number of aryl methyl sites for hydroxylation is 2. The molecule has 1 N–H and O–H groups in total. The number of rotatable bonds is 7. The Labute approximate surface area is 146 Å². The summed E-state index contributed by atoms with van der Waals surface area (Å²) in [5.41, 5.74) is 3.14. The van der Waals surface area contributed by atoms with Crippen LogP contribution in [0.2, 0.25) is 0 Å². The molecule has 0 radical (unpaired) electrons. The molecule has 7 nitrogen and oxygen atoms in total. The van der Waals surface area contributed by atoms with Crippen LogP contribution in [0.25, 0.3) is 11.4 Å². The summed E-state index contributed by atoms with van der Waals surface area (Å²) in [6.07, 6.45) is 4.32. The molecule has 1 amide bonds. The van der Waals surface area contributed by atoms with Crippen molar-refractivity contribution in [3.63, 3.8) is 0 Å². The van der Waals surface area contributed by atoms with Gasteiger partial charge in [0.25, 0.3) is 0 Å². The topological polar surface area (TPSA) is 85.8 Å². The third-order valence-electron chi connectivity index (χ3n) is 4.03. The molecule has 130 valence electrons. The zero-order valence-corrected chi connectivity index (χ0v) is 14.4. The molecule has 7 heteroatoms. The molecule has 3 aromatic rings. The molecule has 0 spiro atoms. The van der Waals surface area contributed by atoms with Crippen molar-refractivity contribution in [3.8, 4) is 11.4 Å². The largest absolute Gasteiger partial charge is 0.356 e. The van der Waals surface area contributed by atoms with Crippen molar-refractivity contribution in [1.82, 2.24) is 25.0 Å². The molecule has 3 rings (SSSR count). The number of hydrogen-bond donors (Lipinski definition) is 1. The standard InChI is InChI=1S/C18H21N5O2/c1-13-5-6-14(2)23(13)11-8-16(24)20-10-7-17-21-18(22-25-17)15-4-3-9-19-12-15/h3-6,9,12H,7-8,10-11H2,1-2H3,(H,20,24). The van der Waals surface area contributed by atoms with Crippen molar-refractivity contribution >= 4 is 5.91 Å². The van der Waals surface area contributed by atoms with E-state index in [4.69, 9.17) is 4.52 Å². The van der Waals surface area contributed by atoms with E-state index in [1.165, 1.54) is 11.4 Å². The minimum Gasteiger partial charge on any atom is -0.356 e. The zero-order chi connectivity index (χ0) is 17.6. The molecule has 0 unspecified atom stereocenters. The molecule has 0 bridgehead atoms. The van der Waals surface area contributed by atoms with E-state index in [2.05, 4.69) is 37.1 Å². The first-order valence-electron chi connectivity index (χ1n) is 8.26. The van der Waals surface area contributed by atoms with Crippen LogP contribution in [0, 0.1) is 13.8 Å². The van der Waals surface area contributed by atoms with E-state index in [0.717, 1.165) is 5.56 Å². The van der Waals surface area contributed by atoms with Crippen LogP contribution in [-0.4, -0.2) is 32.1 Å². The number of nitrogens with zero attached hydrogens (tertiary/aromatic N) is 4. The zero-order valence-electron chi connectivity index (χ0n) is 14.4. The van der Waals surface area contributed by atoms with Gasteiger partial charge < -0.3 is 14.4 Å². The molecular weight excluding hydrogens is 318 g/mol. The minimum absolute atomic E-state index is 0.0134. The van der Waals surface area contributed by atoms with Crippen LogP contribution in [0.4, 0.5) is 0 Å². The highest BCUT2D eigenvalue weighted by Crippen LogP contribution is 2.13. The summed E-state index contributed by atoms with van der Waals surface area (Å²) in [6, 6.07) is 7.81. The molecule has 0 atom stereocenters. The third kappa shape index (κ3) is 4.32. The van der Waals surface area contributed by atoms with Gasteiger partial charge in [0.05, 0.1) is 0 Å². The summed E-state index contributed by atoms with van der Waals surface area (Å²) < 4.78 is 7.34. The average molecular weight is 339 g/mol. The molecular formula is C18H21N5O2. The number of pyridine rings is 1. The molecule has 25 heavy (non-hydrogen) atoms. The Kier molecular flexibility index (Phi) is 5.23. The predicted molar refractivity (Wildman–Crippen MR) is 92.8 cm³/mol. The van der Waals surface area contributed by atoms with E-state index in [1.807, 2.05) is 26.0 Å². The van der Waals surface area contributed by atoms with Crippen molar-refractivity contribution in [3.05, 3.63) is 53.9 Å². The van der Waals surface area contributed by atoms with Crippen molar-refractivity contribution in [2.24, 2.45) is 0 Å². The monoisotopic (exact) mass is 339 g/mol. The fraction of sp³-hybridized carbons (Fsp3) is 0.333. The van der Waals surface area contributed by atoms with Gasteiger partial charge in [0.2, 0.25) is 17.6 Å². The highest BCUT2D eigenvalue weighted by molar-refractivity contribution is 5.75. The average Bonchev–Trinajstić information content (AvgIpc) is 3.21. The Bertz CT molecular complexity index is 819. The van der Waals surface area contributed by atoms with Gasteiger partial charge in [0, 0.05) is 55.3 Å². The lowest BCUT2D eigenvalue weighted by molar-refractivity contribution is -0.121. The molecule has 0 aliphatic rings. The molecule has 0 aliphatic heterocycles. The van der Waals surface area contributed by atoms with Crippen molar-refractivity contribution in [2.45, 2.75) is 33.2 Å². The van der Waals surface area contributed by atoms with Crippen molar-refractivity contribution in [1.29, 1.82) is 0 Å². The van der Waals surface area contributed by atoms with Gasteiger partial charge in [-0.3, -0.25) is 9.78 Å². The second-order valence-electron chi connectivity index (χ2n) is 5.87. The van der Waals surface area contributed by atoms with E-state index in [0.29, 0.717) is 37.6 Å². The maximum atomic E-state index is 12.0. The van der Waals surface area contributed by atoms with Gasteiger partial charge in [0.15, 0.2) is 0 Å². The normalized spacial score (nSPS) is 10.8. The van der Waals surface area contributed by atoms with Crippen molar-refractivity contribution in [2.75, 3.05) is 6.54 Å². The van der Waals surface area contributed by atoms with Gasteiger partial charge in [-0.1, -0.05) is 5.16 Å². The van der Waals surface area contributed by atoms with E-state index in [-0.39, 0.29) is 5.91 Å². The lowest BCUT2D eigenvalue weighted by Gasteiger charge is -2.09. The number of nitrogens with one attached hydrogen (secondary N) is 1. The summed E-state index contributed by atoms with van der Waals surface area (Å²) in [6.45, 7) is 5.24. The van der Waals surface area contributed by atoms with Crippen LogP contribution >= 0.6 is 0 Å². The van der Waals surface area contributed by atoms with E-state index >= 15 is 0 Å². The lowest BCUT2D eigenvalue weighted by atomic mass is 10.3. The highest BCUT2D eigenvalue weighted by Gasteiger charge is 2.09. The Morgan fingerprint density at radius 3 is 2.76 bits per heavy atom. The Morgan fingerprint density at radius 1 is 1.24 bits per heavy atom. The van der Waals surface area contributed by atoms with Gasteiger partial charge >= 0.3 is 0 Å². The highest BCUT2D eigenvalue weighted by atomic mass is 16.5. The quantitative estimate of drug-likeness (QED) is 0.714. The van der Waals surface area contributed by atoms with Crippen molar-refractivity contribution < 1.29 is 9.32 Å². The first-order chi connectivity index (χ1) is 12.1. The maximum Gasteiger partial charge on any atom is 0.228 e. The van der Waals surface area contributed by atoms with Gasteiger partial charge in [-0.25, -0.2) is 0 Å². The predicted octanol–water partition coefficient (Wildman–Crippen LogP) is 2.30. The van der Waals surface area contributed by atoms with Gasteiger partial charge in [0.1, 0.15) is 0 Å². The first-order valence-corrected chi connectivity index (χ1v) is 8.26. The summed E-state index contributed by atoms with van der Waals surface area (Å²) >= 11 is 0. The molecule has 0 saturated heterocycles. The van der Waals surface area contributed by atoms with Crippen LogP contribution in [-0.2, 0) is 17.8 Å². The second kappa shape index (κ2) is 7.74. The molecule has 0 aromatic carbocycles. The first kappa shape index (κ1) is 16.9. The molecule has 0 aliphatic carbocycles. The minimum atomic E-state index is 0.0134. The summed E-state index contributed by atoms with van der Waals surface area (Å²) in [5.74, 6) is 1.02. The van der Waals surface area contributed by atoms with Gasteiger partial charge in [-0.15, -0.1) is 0 Å². The molecule has 0 fully saturated rings. The summed E-state index contributed by atoms with van der Waals surface area (Å²) in [4.78, 5) is 20.3. The van der Waals surface area contributed by atoms with Crippen LogP contribution < -0.4 is 5.32 Å². The summed E-state index contributed by atoms with van der Waals surface area (Å²) in [5, 5.41) is 6.82. The van der Waals surface area contributed by atoms with Crippen LogP contribution in [0.1, 0.15) is 23.7 Å². The maximum absolute atomic E-state index is 12.0. The molecule has 3 aromatic heterocycles. The number of carbonyl (C=O) groups excluding carboxylic acids is 1. The third-order valence-corrected chi connectivity index (χ3v) is 4.03.